The fourth-order valence-electron chi connectivity index (χ4n) is 4.65. The first-order valence-electron chi connectivity index (χ1n) is 10.2. The molecule has 0 bridgehead atoms. The van der Waals surface area contributed by atoms with Crippen LogP contribution in [0.3, 0.4) is 0 Å². The molecular weight excluding hydrogens is 416 g/mol. The molecule has 4 rings (SSSR count). The van der Waals surface area contributed by atoms with Crippen molar-refractivity contribution in [2.75, 3.05) is 33.4 Å². The molecule has 0 saturated carbocycles. The van der Waals surface area contributed by atoms with Crippen molar-refractivity contribution >= 4 is 23.4 Å². The molecule has 6 nitrogen and oxygen atoms in total. The Hall–Kier alpha value is -1.77. The minimum absolute atomic E-state index is 0.140. The van der Waals surface area contributed by atoms with Crippen LogP contribution in [-0.4, -0.2) is 83.6 Å². The Balaban J connectivity index is 1.60. The number of hydrogen-bond acceptors (Lipinski definition) is 4. The van der Waals surface area contributed by atoms with Crippen molar-refractivity contribution in [2.45, 2.75) is 43.6 Å². The molecular formula is C21H26ClF2N3O3. The van der Waals surface area contributed by atoms with E-state index in [0.29, 0.717) is 25.3 Å². The largest absolute Gasteiger partial charge is 0.380 e. The van der Waals surface area contributed by atoms with E-state index in [-0.39, 0.29) is 48.4 Å². The van der Waals surface area contributed by atoms with E-state index in [2.05, 4.69) is 0 Å². The summed E-state index contributed by atoms with van der Waals surface area (Å²) in [5.74, 6) is -0.975. The quantitative estimate of drug-likeness (QED) is 0.670. The van der Waals surface area contributed by atoms with E-state index < -0.39 is 18.4 Å². The van der Waals surface area contributed by atoms with Gasteiger partial charge in [0.15, 0.2) is 0 Å². The molecule has 3 aliphatic rings. The molecule has 4 atom stereocenters. The van der Waals surface area contributed by atoms with Crippen LogP contribution in [-0.2, 0) is 20.9 Å². The number of halogens is 3. The first-order chi connectivity index (χ1) is 14.3. The second-order valence-corrected chi connectivity index (χ2v) is 9.13. The topological polar surface area (TPSA) is 53.1 Å². The highest BCUT2D eigenvalue weighted by Crippen LogP contribution is 2.32. The summed E-state index contributed by atoms with van der Waals surface area (Å²) in [6.45, 7) is 2.86. The molecule has 3 aliphatic heterocycles. The Labute approximate surface area is 179 Å². The van der Waals surface area contributed by atoms with Crippen LogP contribution >= 0.6 is 11.6 Å². The molecule has 0 aromatic heterocycles. The number of likely N-dealkylation sites (tertiary alicyclic amines) is 1. The maximum atomic E-state index is 14.9. The molecule has 164 valence electrons. The lowest BCUT2D eigenvalue weighted by molar-refractivity contribution is -0.177. The van der Waals surface area contributed by atoms with Crippen molar-refractivity contribution in [3.05, 3.63) is 35.1 Å². The summed E-state index contributed by atoms with van der Waals surface area (Å²) in [5, 5.41) is -0.328. The number of ether oxygens (including phenoxy) is 1. The standard InChI is InChI=1S/C21H26ClF2N3O3/c1-12-5-13(3-4-16(12)23)7-26-18(28)9-27(21(29)19(26)14-10-30-11-14)20-17(24)6-15(22)8-25(20)2/h3-5,14-15,17,19-20H,6-11H2,1-2H3/t15?,17?,19-,20?/m1/s1. The second kappa shape index (κ2) is 8.40. The van der Waals surface area contributed by atoms with E-state index in [1.807, 2.05) is 0 Å². The molecule has 0 radical (unpaired) electrons. The summed E-state index contributed by atoms with van der Waals surface area (Å²) in [6, 6.07) is 3.94. The van der Waals surface area contributed by atoms with E-state index in [0.717, 1.165) is 5.56 Å². The molecule has 2 amide bonds. The smallest absolute Gasteiger partial charge is 0.247 e. The van der Waals surface area contributed by atoms with Gasteiger partial charge < -0.3 is 14.5 Å². The average Bonchev–Trinajstić information content (AvgIpc) is 2.62. The Morgan fingerprint density at radius 3 is 2.60 bits per heavy atom. The van der Waals surface area contributed by atoms with Crippen LogP contribution in [0.2, 0.25) is 0 Å². The lowest BCUT2D eigenvalue weighted by atomic mass is 9.91. The van der Waals surface area contributed by atoms with Crippen LogP contribution in [0.1, 0.15) is 17.5 Å². The predicted octanol–water partition coefficient (Wildman–Crippen LogP) is 1.93. The van der Waals surface area contributed by atoms with Crippen LogP contribution in [0.25, 0.3) is 0 Å². The van der Waals surface area contributed by atoms with E-state index in [1.165, 1.54) is 11.0 Å². The van der Waals surface area contributed by atoms with Crippen LogP contribution in [0.4, 0.5) is 8.78 Å². The Bertz CT molecular complexity index is 826. The number of alkyl halides is 2. The number of rotatable bonds is 4. The van der Waals surface area contributed by atoms with Gasteiger partial charge in [-0.3, -0.25) is 14.5 Å². The number of benzene rings is 1. The van der Waals surface area contributed by atoms with Gasteiger partial charge >= 0.3 is 0 Å². The zero-order chi connectivity index (χ0) is 21.6. The minimum Gasteiger partial charge on any atom is -0.380 e. The second-order valence-electron chi connectivity index (χ2n) is 8.52. The summed E-state index contributed by atoms with van der Waals surface area (Å²) < 4.78 is 33.8. The minimum atomic E-state index is -1.33. The van der Waals surface area contributed by atoms with Crippen molar-refractivity contribution in [3.8, 4) is 0 Å². The van der Waals surface area contributed by atoms with E-state index >= 15 is 0 Å². The van der Waals surface area contributed by atoms with Gasteiger partial charge in [-0.05, 0) is 37.6 Å². The third-order valence-corrected chi connectivity index (χ3v) is 6.56. The fraction of sp³-hybridized carbons (Fsp3) is 0.619. The molecule has 0 aliphatic carbocycles. The lowest BCUT2D eigenvalue weighted by Crippen LogP contribution is -2.70. The summed E-state index contributed by atoms with van der Waals surface area (Å²) >= 11 is 6.12. The first-order valence-corrected chi connectivity index (χ1v) is 10.6. The molecule has 1 aromatic rings. The van der Waals surface area contributed by atoms with E-state index in [9.17, 15) is 18.4 Å². The van der Waals surface area contributed by atoms with Crippen LogP contribution < -0.4 is 0 Å². The Kier molecular flexibility index (Phi) is 6.01. The molecule has 30 heavy (non-hydrogen) atoms. The summed E-state index contributed by atoms with van der Waals surface area (Å²) in [6.07, 6.45) is -1.99. The molecule has 0 spiro atoms. The maximum absolute atomic E-state index is 14.9. The van der Waals surface area contributed by atoms with Gasteiger partial charge in [0, 0.05) is 24.4 Å². The number of hydrogen-bond donors (Lipinski definition) is 0. The van der Waals surface area contributed by atoms with Crippen LogP contribution in [0, 0.1) is 18.7 Å². The first kappa shape index (κ1) is 21.5. The fourth-order valence-corrected chi connectivity index (χ4v) is 5.04. The third-order valence-electron chi connectivity index (χ3n) is 6.24. The van der Waals surface area contributed by atoms with E-state index in [4.69, 9.17) is 16.3 Å². The van der Waals surface area contributed by atoms with Gasteiger partial charge in [-0.1, -0.05) is 12.1 Å². The highest BCUT2D eigenvalue weighted by molar-refractivity contribution is 6.20. The van der Waals surface area contributed by atoms with Gasteiger partial charge in [0.2, 0.25) is 11.8 Å². The van der Waals surface area contributed by atoms with E-state index in [1.54, 1.807) is 35.9 Å². The normalized spacial score (nSPS) is 31.2. The summed E-state index contributed by atoms with van der Waals surface area (Å²) in [7, 11) is 1.72. The zero-order valence-electron chi connectivity index (χ0n) is 17.1. The van der Waals surface area contributed by atoms with Crippen molar-refractivity contribution in [3.63, 3.8) is 0 Å². The highest BCUT2D eigenvalue weighted by Gasteiger charge is 2.50. The van der Waals surface area contributed by atoms with Crippen molar-refractivity contribution < 1.29 is 23.1 Å². The molecule has 3 saturated heterocycles. The summed E-state index contributed by atoms with van der Waals surface area (Å²) in [4.78, 5) is 31.2. The van der Waals surface area contributed by atoms with Crippen molar-refractivity contribution in [2.24, 2.45) is 5.92 Å². The third kappa shape index (κ3) is 3.92. The van der Waals surface area contributed by atoms with Crippen LogP contribution in [0.5, 0.6) is 0 Å². The lowest BCUT2D eigenvalue weighted by Gasteiger charge is -2.51. The molecule has 3 heterocycles. The Morgan fingerprint density at radius 2 is 2.00 bits per heavy atom. The highest BCUT2D eigenvalue weighted by atomic mass is 35.5. The number of carbonyl (C=O) groups excluding carboxylic acids is 2. The summed E-state index contributed by atoms with van der Waals surface area (Å²) in [5.41, 5.74) is 1.23. The van der Waals surface area contributed by atoms with Gasteiger partial charge in [-0.25, -0.2) is 8.78 Å². The number of carbonyl (C=O) groups is 2. The van der Waals surface area contributed by atoms with Gasteiger partial charge in [0.1, 0.15) is 30.7 Å². The monoisotopic (exact) mass is 441 g/mol. The molecule has 1 aromatic carbocycles. The zero-order valence-corrected chi connectivity index (χ0v) is 17.8. The van der Waals surface area contributed by atoms with Gasteiger partial charge in [-0.15, -0.1) is 11.6 Å². The number of piperidine rings is 1. The SMILES string of the molecule is Cc1cc(CN2C(=O)CN(C3C(F)CC(Cl)CN3C)C(=O)[C@H]2C2COC2)ccc1F. The van der Waals surface area contributed by atoms with Crippen molar-refractivity contribution in [1.29, 1.82) is 0 Å². The number of nitrogens with zero attached hydrogens (tertiary/aromatic N) is 3. The Morgan fingerprint density at radius 1 is 1.27 bits per heavy atom. The number of aryl methyl sites for hydroxylation is 1. The molecule has 3 fully saturated rings. The number of piperazine rings is 1. The van der Waals surface area contributed by atoms with Gasteiger partial charge in [0.05, 0.1) is 13.2 Å². The maximum Gasteiger partial charge on any atom is 0.247 e. The van der Waals surface area contributed by atoms with Gasteiger partial charge in [0.25, 0.3) is 0 Å². The number of amides is 2. The molecule has 3 unspecified atom stereocenters. The van der Waals surface area contributed by atoms with Gasteiger partial charge in [-0.2, -0.15) is 0 Å². The van der Waals surface area contributed by atoms with Crippen LogP contribution in [0.15, 0.2) is 18.2 Å². The predicted molar refractivity (Wildman–Crippen MR) is 107 cm³/mol. The molecule has 0 N–H and O–H groups in total. The van der Waals surface area contributed by atoms with Crippen molar-refractivity contribution in [1.82, 2.24) is 14.7 Å². The average molecular weight is 442 g/mol. The molecule has 9 heteroatoms.